The number of hydrogen-bond acceptors (Lipinski definition) is 6. The Morgan fingerprint density at radius 1 is 1.16 bits per heavy atom. The number of thioether (sulfide) groups is 1. The van der Waals surface area contributed by atoms with Gasteiger partial charge in [0.25, 0.3) is 0 Å². The number of amides is 2. The molecule has 2 N–H and O–H groups in total. The van der Waals surface area contributed by atoms with E-state index < -0.39 is 11.7 Å². The fourth-order valence-electron chi connectivity index (χ4n) is 1.80. The lowest BCUT2D eigenvalue weighted by Crippen LogP contribution is -2.33. The second-order valence-electron chi connectivity index (χ2n) is 6.10. The largest absolute Gasteiger partial charge is 0.497 e. The Balaban J connectivity index is 2.33. The van der Waals surface area contributed by atoms with Gasteiger partial charge in [-0.2, -0.15) is 11.8 Å². The van der Waals surface area contributed by atoms with Gasteiger partial charge in [-0.05, 0) is 32.9 Å². The van der Waals surface area contributed by atoms with Gasteiger partial charge in [-0.25, -0.2) is 4.79 Å². The monoisotopic (exact) mass is 370 g/mol. The van der Waals surface area contributed by atoms with Crippen molar-refractivity contribution < 1.29 is 23.8 Å². The molecule has 8 heteroatoms. The summed E-state index contributed by atoms with van der Waals surface area (Å²) in [4.78, 5) is 23.5. The molecule has 25 heavy (non-hydrogen) atoms. The maximum Gasteiger partial charge on any atom is 0.407 e. The Hall–Kier alpha value is -2.09. The standard InChI is InChI=1S/C17H26N2O5S/c1-17(2,3)24-16(21)18-8-9-25-11-15(20)19-13-10-12(22-4)6-7-14(13)23-5/h6-7,10H,8-9,11H2,1-5H3,(H,18,21)(H,19,20). The highest BCUT2D eigenvalue weighted by Gasteiger charge is 2.15. The molecule has 0 aromatic heterocycles. The van der Waals surface area contributed by atoms with Crippen LogP contribution in [0.1, 0.15) is 20.8 Å². The van der Waals surface area contributed by atoms with Gasteiger partial charge < -0.3 is 24.8 Å². The van der Waals surface area contributed by atoms with Crippen LogP contribution in [0.4, 0.5) is 10.5 Å². The molecule has 0 aliphatic heterocycles. The number of hydrogen-bond donors (Lipinski definition) is 2. The SMILES string of the molecule is COc1ccc(OC)c(NC(=O)CSCCNC(=O)OC(C)(C)C)c1. The highest BCUT2D eigenvalue weighted by atomic mass is 32.2. The first-order chi connectivity index (χ1) is 11.7. The number of alkyl carbamates (subject to hydrolysis) is 1. The Morgan fingerprint density at radius 3 is 2.48 bits per heavy atom. The third-order valence-corrected chi connectivity index (χ3v) is 3.79. The van der Waals surface area contributed by atoms with Crippen LogP contribution in [0.2, 0.25) is 0 Å². The van der Waals surface area contributed by atoms with E-state index in [1.807, 2.05) is 0 Å². The molecule has 1 aromatic carbocycles. The van der Waals surface area contributed by atoms with E-state index in [4.69, 9.17) is 14.2 Å². The van der Waals surface area contributed by atoms with Gasteiger partial charge in [0.05, 0.1) is 25.7 Å². The summed E-state index contributed by atoms with van der Waals surface area (Å²) in [5, 5.41) is 5.44. The van der Waals surface area contributed by atoms with Crippen LogP contribution in [0.5, 0.6) is 11.5 Å². The summed E-state index contributed by atoms with van der Waals surface area (Å²) in [6.45, 7) is 5.84. The molecule has 7 nitrogen and oxygen atoms in total. The van der Waals surface area contributed by atoms with Gasteiger partial charge in [0.2, 0.25) is 5.91 Å². The smallest absolute Gasteiger partial charge is 0.407 e. The van der Waals surface area contributed by atoms with Gasteiger partial charge in [-0.1, -0.05) is 0 Å². The Morgan fingerprint density at radius 2 is 1.88 bits per heavy atom. The zero-order chi connectivity index (χ0) is 18.9. The predicted octanol–water partition coefficient (Wildman–Crippen LogP) is 2.90. The summed E-state index contributed by atoms with van der Waals surface area (Å²) in [7, 11) is 3.09. The molecule has 0 atom stereocenters. The molecule has 0 bridgehead atoms. The van der Waals surface area contributed by atoms with Crippen molar-refractivity contribution in [3.63, 3.8) is 0 Å². The number of rotatable bonds is 8. The molecule has 0 aliphatic carbocycles. The van der Waals surface area contributed by atoms with Crippen molar-refractivity contribution in [2.24, 2.45) is 0 Å². The van der Waals surface area contributed by atoms with Crippen LogP contribution in [0.25, 0.3) is 0 Å². The van der Waals surface area contributed by atoms with E-state index in [9.17, 15) is 9.59 Å². The second-order valence-corrected chi connectivity index (χ2v) is 7.20. The molecule has 140 valence electrons. The van der Waals surface area contributed by atoms with Crippen LogP contribution in [0.3, 0.4) is 0 Å². The summed E-state index contributed by atoms with van der Waals surface area (Å²) < 4.78 is 15.5. The third-order valence-electron chi connectivity index (χ3n) is 2.83. The maximum atomic E-state index is 12.0. The molecular weight excluding hydrogens is 344 g/mol. The minimum atomic E-state index is -0.521. The molecule has 0 saturated heterocycles. The topological polar surface area (TPSA) is 85.9 Å². The molecule has 0 unspecified atom stereocenters. The summed E-state index contributed by atoms with van der Waals surface area (Å²) in [6.07, 6.45) is -0.460. The molecule has 1 rings (SSSR count). The van der Waals surface area contributed by atoms with Gasteiger partial charge in [0.1, 0.15) is 17.1 Å². The molecule has 0 fully saturated rings. The molecule has 0 heterocycles. The van der Waals surface area contributed by atoms with Crippen molar-refractivity contribution in [2.75, 3.05) is 37.6 Å². The molecule has 0 radical (unpaired) electrons. The van der Waals surface area contributed by atoms with E-state index in [-0.39, 0.29) is 11.7 Å². The molecule has 1 aromatic rings. The van der Waals surface area contributed by atoms with Crippen LogP contribution < -0.4 is 20.1 Å². The van der Waals surface area contributed by atoms with Gasteiger partial charge in [-0.15, -0.1) is 0 Å². The summed E-state index contributed by atoms with van der Waals surface area (Å²) in [5.74, 6) is 1.89. The molecule has 0 saturated carbocycles. The predicted molar refractivity (Wildman–Crippen MR) is 99.7 cm³/mol. The third kappa shape index (κ3) is 8.53. The van der Waals surface area contributed by atoms with E-state index in [1.54, 1.807) is 46.1 Å². The minimum absolute atomic E-state index is 0.158. The van der Waals surface area contributed by atoms with Gasteiger partial charge >= 0.3 is 6.09 Å². The first kappa shape index (κ1) is 21.0. The Bertz CT molecular complexity index is 587. The molecular formula is C17H26N2O5S. The lowest BCUT2D eigenvalue weighted by molar-refractivity contribution is -0.113. The number of methoxy groups -OCH3 is 2. The average Bonchev–Trinajstić information content (AvgIpc) is 2.52. The minimum Gasteiger partial charge on any atom is -0.497 e. The fraction of sp³-hybridized carbons (Fsp3) is 0.529. The average molecular weight is 370 g/mol. The highest BCUT2D eigenvalue weighted by molar-refractivity contribution is 7.99. The number of carbonyl (C=O) groups excluding carboxylic acids is 2. The van der Waals surface area contributed by atoms with Crippen molar-refractivity contribution >= 4 is 29.4 Å². The van der Waals surface area contributed by atoms with Crippen molar-refractivity contribution in [2.45, 2.75) is 26.4 Å². The van der Waals surface area contributed by atoms with Gasteiger partial charge in [0.15, 0.2) is 0 Å². The molecule has 2 amide bonds. The highest BCUT2D eigenvalue weighted by Crippen LogP contribution is 2.28. The molecule has 0 spiro atoms. The van der Waals surface area contributed by atoms with E-state index >= 15 is 0 Å². The Kier molecular flexibility index (Phi) is 8.40. The van der Waals surface area contributed by atoms with Crippen LogP contribution in [0.15, 0.2) is 18.2 Å². The summed E-state index contributed by atoms with van der Waals surface area (Å²) >= 11 is 1.41. The lowest BCUT2D eigenvalue weighted by Gasteiger charge is -2.19. The zero-order valence-corrected chi connectivity index (χ0v) is 16.1. The fourth-order valence-corrected chi connectivity index (χ4v) is 2.45. The van der Waals surface area contributed by atoms with E-state index in [0.717, 1.165) is 0 Å². The van der Waals surface area contributed by atoms with Crippen molar-refractivity contribution in [3.05, 3.63) is 18.2 Å². The summed E-state index contributed by atoms with van der Waals surface area (Å²) in [6, 6.07) is 5.18. The molecule has 0 aliphatic rings. The second kappa shape index (κ2) is 10.0. The first-order valence-corrected chi connectivity index (χ1v) is 8.97. The van der Waals surface area contributed by atoms with E-state index in [0.29, 0.717) is 29.5 Å². The van der Waals surface area contributed by atoms with Crippen molar-refractivity contribution in [1.29, 1.82) is 0 Å². The van der Waals surface area contributed by atoms with Crippen LogP contribution in [-0.2, 0) is 9.53 Å². The van der Waals surface area contributed by atoms with Crippen LogP contribution >= 0.6 is 11.8 Å². The van der Waals surface area contributed by atoms with Crippen molar-refractivity contribution in [3.8, 4) is 11.5 Å². The van der Waals surface area contributed by atoms with Crippen molar-refractivity contribution in [1.82, 2.24) is 5.32 Å². The van der Waals surface area contributed by atoms with Gasteiger partial charge in [0, 0.05) is 18.4 Å². The number of anilines is 1. The van der Waals surface area contributed by atoms with E-state index in [1.165, 1.54) is 18.9 Å². The lowest BCUT2D eigenvalue weighted by atomic mass is 10.2. The zero-order valence-electron chi connectivity index (χ0n) is 15.3. The van der Waals surface area contributed by atoms with Gasteiger partial charge in [-0.3, -0.25) is 4.79 Å². The van der Waals surface area contributed by atoms with Crippen LogP contribution in [0, 0.1) is 0 Å². The summed E-state index contributed by atoms with van der Waals surface area (Å²) in [5.41, 5.74) is 0.0340. The number of nitrogens with one attached hydrogen (secondary N) is 2. The first-order valence-electron chi connectivity index (χ1n) is 7.81. The van der Waals surface area contributed by atoms with Crippen LogP contribution in [-0.4, -0.2) is 49.9 Å². The number of carbonyl (C=O) groups is 2. The number of benzene rings is 1. The van der Waals surface area contributed by atoms with E-state index in [2.05, 4.69) is 10.6 Å². The normalized spacial score (nSPS) is 10.8. The number of ether oxygens (including phenoxy) is 3. The Labute approximate surface area is 152 Å². The quantitative estimate of drug-likeness (QED) is 0.685. The maximum absolute atomic E-state index is 12.0.